The molecule has 0 spiro atoms. The average molecular weight is 300 g/mol. The Morgan fingerprint density at radius 3 is 2.14 bits per heavy atom. The van der Waals surface area contributed by atoms with Gasteiger partial charge >= 0.3 is 5.69 Å². The van der Waals surface area contributed by atoms with Gasteiger partial charge in [0, 0.05) is 19.4 Å². The van der Waals surface area contributed by atoms with E-state index in [-0.39, 0.29) is 18.3 Å². The number of terminal acetylenes is 1. The van der Waals surface area contributed by atoms with E-state index in [9.17, 15) is 9.59 Å². The second-order valence-corrected chi connectivity index (χ2v) is 4.15. The summed E-state index contributed by atoms with van der Waals surface area (Å²) in [5, 5.41) is 15.7. The van der Waals surface area contributed by atoms with Crippen molar-refractivity contribution in [1.29, 1.82) is 0 Å². The molecule has 3 atom stereocenters. The molecule has 0 amide bonds. The van der Waals surface area contributed by atoms with Crippen LogP contribution in [-0.2, 0) is 4.74 Å². The summed E-state index contributed by atoms with van der Waals surface area (Å²) < 4.78 is 5.37. The number of nitrogens with one attached hydrogen (secondary N) is 2. The number of aromatic amines is 2. The van der Waals surface area contributed by atoms with Gasteiger partial charge in [-0.3, -0.25) is 9.78 Å². The zero-order valence-electron chi connectivity index (χ0n) is 12.6. The van der Waals surface area contributed by atoms with E-state index in [1.54, 1.807) is 0 Å². The zero-order valence-corrected chi connectivity index (χ0v) is 12.6. The Morgan fingerprint density at radius 2 is 1.90 bits per heavy atom. The lowest BCUT2D eigenvalue weighted by Crippen LogP contribution is -2.19. The van der Waals surface area contributed by atoms with Crippen molar-refractivity contribution in [1.82, 2.24) is 9.97 Å². The summed E-state index contributed by atoms with van der Waals surface area (Å²) >= 11 is 0. The van der Waals surface area contributed by atoms with Crippen LogP contribution in [0.3, 0.4) is 0 Å². The maximum atomic E-state index is 10.2. The monoisotopic (exact) mass is 300 g/mol. The van der Waals surface area contributed by atoms with Gasteiger partial charge in [0.05, 0.1) is 18.8 Å². The zero-order chi connectivity index (χ0) is 16.8. The summed E-state index contributed by atoms with van der Waals surface area (Å²) in [5.41, 5.74) is -0.855. The van der Waals surface area contributed by atoms with E-state index in [4.69, 9.17) is 14.9 Å². The van der Waals surface area contributed by atoms with Crippen LogP contribution in [-0.4, -0.2) is 46.1 Å². The molecule has 0 saturated carbocycles. The van der Waals surface area contributed by atoms with Gasteiger partial charge in [0.1, 0.15) is 0 Å². The molecule has 1 aliphatic rings. The fourth-order valence-corrected chi connectivity index (χ4v) is 1.60. The molecule has 4 N–H and O–H groups in total. The third kappa shape index (κ3) is 9.62. The van der Waals surface area contributed by atoms with Gasteiger partial charge < -0.3 is 19.9 Å². The van der Waals surface area contributed by atoms with Crippen LogP contribution in [0.25, 0.3) is 0 Å². The summed E-state index contributed by atoms with van der Waals surface area (Å²) in [5.74, 6) is 0.613. The topological polar surface area (TPSA) is 115 Å². The lowest BCUT2D eigenvalue weighted by molar-refractivity contribution is 0.0150. The fraction of sp³-hybridized carbons (Fsp3) is 0.571. The summed E-state index contributed by atoms with van der Waals surface area (Å²) in [4.78, 5) is 24.7. The van der Waals surface area contributed by atoms with E-state index in [1.165, 1.54) is 12.3 Å². The molecular weight excluding hydrogens is 276 g/mol. The molecule has 1 aromatic heterocycles. The van der Waals surface area contributed by atoms with Crippen LogP contribution in [0.2, 0.25) is 0 Å². The number of hydrogen-bond acceptors (Lipinski definition) is 5. The lowest BCUT2D eigenvalue weighted by atomic mass is 10.0. The summed E-state index contributed by atoms with van der Waals surface area (Å²) in [6.45, 7) is 4.38. The maximum absolute atomic E-state index is 10.2. The molecule has 2 rings (SSSR count). The minimum atomic E-state index is -0.475. The third-order valence-corrected chi connectivity index (χ3v) is 2.73. The standard InChI is InChI=1S/C7H14O2.C4H4N2O2.C2H2.CH4O/c1-5-3-7(4-8)9-6(5)2;7-3-1-2-5-4(8)6-3;2*1-2/h5-8H,3-4H2,1-2H3;1-2H,(H2,5,6,7,8);1-2H;2H,1H3/t5-,6-,7-;;;/m0.../s1. The van der Waals surface area contributed by atoms with Crippen molar-refractivity contribution in [3.63, 3.8) is 0 Å². The molecule has 1 fully saturated rings. The van der Waals surface area contributed by atoms with E-state index in [0.29, 0.717) is 12.0 Å². The van der Waals surface area contributed by atoms with Crippen LogP contribution in [0.15, 0.2) is 21.9 Å². The highest BCUT2D eigenvalue weighted by atomic mass is 16.5. The predicted molar refractivity (Wildman–Crippen MR) is 80.9 cm³/mol. The van der Waals surface area contributed by atoms with Gasteiger partial charge in [0.25, 0.3) is 5.56 Å². The minimum Gasteiger partial charge on any atom is -0.400 e. The molecule has 21 heavy (non-hydrogen) atoms. The highest BCUT2D eigenvalue weighted by Crippen LogP contribution is 2.24. The largest absolute Gasteiger partial charge is 0.400 e. The Labute approximate surface area is 124 Å². The molecule has 1 aromatic rings. The minimum absolute atomic E-state index is 0.106. The van der Waals surface area contributed by atoms with E-state index in [2.05, 4.69) is 31.7 Å². The van der Waals surface area contributed by atoms with Crippen molar-refractivity contribution in [2.75, 3.05) is 13.7 Å². The summed E-state index contributed by atoms with van der Waals surface area (Å²) in [7, 11) is 1.00. The van der Waals surface area contributed by atoms with Gasteiger partial charge in [-0.2, -0.15) is 0 Å². The molecule has 0 aromatic carbocycles. The Hall–Kier alpha value is -1.88. The molecule has 0 bridgehead atoms. The Balaban J connectivity index is 0. The van der Waals surface area contributed by atoms with Crippen LogP contribution in [0.5, 0.6) is 0 Å². The molecular formula is C14H24N2O5. The second kappa shape index (κ2) is 13.1. The van der Waals surface area contributed by atoms with Gasteiger partial charge in [-0.25, -0.2) is 4.79 Å². The van der Waals surface area contributed by atoms with Crippen molar-refractivity contribution >= 4 is 0 Å². The van der Waals surface area contributed by atoms with Crippen molar-refractivity contribution in [2.45, 2.75) is 32.5 Å². The molecule has 7 heteroatoms. The van der Waals surface area contributed by atoms with Crippen molar-refractivity contribution in [3.05, 3.63) is 33.1 Å². The van der Waals surface area contributed by atoms with Gasteiger partial charge in [-0.1, -0.05) is 6.92 Å². The van der Waals surface area contributed by atoms with Gasteiger partial charge in [-0.15, -0.1) is 12.8 Å². The normalized spacial score (nSPS) is 22.5. The van der Waals surface area contributed by atoms with E-state index >= 15 is 0 Å². The summed E-state index contributed by atoms with van der Waals surface area (Å²) in [6.07, 6.45) is 10.7. The molecule has 120 valence electrons. The Bertz CT molecular complexity index is 444. The van der Waals surface area contributed by atoms with E-state index < -0.39 is 5.69 Å². The van der Waals surface area contributed by atoms with Crippen molar-refractivity contribution < 1.29 is 14.9 Å². The third-order valence-electron chi connectivity index (χ3n) is 2.73. The van der Waals surface area contributed by atoms with Crippen LogP contribution in [0, 0.1) is 18.8 Å². The van der Waals surface area contributed by atoms with Crippen LogP contribution >= 0.6 is 0 Å². The van der Waals surface area contributed by atoms with Gasteiger partial charge in [0.15, 0.2) is 0 Å². The average Bonchev–Trinajstić information content (AvgIpc) is 2.83. The van der Waals surface area contributed by atoms with Crippen LogP contribution < -0.4 is 11.2 Å². The van der Waals surface area contributed by atoms with E-state index in [0.717, 1.165) is 13.5 Å². The maximum Gasteiger partial charge on any atom is 0.325 e. The van der Waals surface area contributed by atoms with Crippen LogP contribution in [0.4, 0.5) is 0 Å². The molecule has 1 saturated heterocycles. The van der Waals surface area contributed by atoms with Gasteiger partial charge in [0.2, 0.25) is 0 Å². The smallest absolute Gasteiger partial charge is 0.325 e. The quantitative estimate of drug-likeness (QED) is 0.532. The number of aliphatic hydroxyl groups is 2. The number of rotatable bonds is 1. The molecule has 7 nitrogen and oxygen atoms in total. The Morgan fingerprint density at radius 1 is 1.33 bits per heavy atom. The van der Waals surface area contributed by atoms with Crippen molar-refractivity contribution in [2.24, 2.45) is 5.92 Å². The first-order chi connectivity index (χ1) is 10.0. The first-order valence-electron chi connectivity index (χ1n) is 6.35. The number of ether oxygens (including phenoxy) is 1. The predicted octanol–water partition coefficient (Wildman–Crippen LogP) is -0.287. The first kappa shape index (κ1) is 21.4. The lowest BCUT2D eigenvalue weighted by Gasteiger charge is -2.06. The molecule has 1 aliphatic heterocycles. The number of aromatic nitrogens is 2. The molecule has 0 radical (unpaired) electrons. The van der Waals surface area contributed by atoms with Gasteiger partial charge in [-0.05, 0) is 19.3 Å². The number of aliphatic hydroxyl groups excluding tert-OH is 2. The number of H-pyrrole nitrogens is 2. The SMILES string of the molecule is C#C.CO.C[C@@H]1O[C@H](CO)C[C@@H]1C.O=c1cc[nH]c(=O)[nH]1. The Kier molecular flexibility index (Phi) is 13.4. The highest BCUT2D eigenvalue weighted by molar-refractivity contribution is 4.77. The van der Waals surface area contributed by atoms with Crippen molar-refractivity contribution in [3.8, 4) is 12.8 Å². The van der Waals surface area contributed by atoms with Crippen LogP contribution in [0.1, 0.15) is 20.3 Å². The van der Waals surface area contributed by atoms with E-state index in [1.807, 2.05) is 4.98 Å². The molecule has 2 heterocycles. The first-order valence-corrected chi connectivity index (χ1v) is 6.35. The number of hydrogen-bond donors (Lipinski definition) is 4. The highest BCUT2D eigenvalue weighted by Gasteiger charge is 2.27. The molecule has 0 unspecified atom stereocenters. The fourth-order valence-electron chi connectivity index (χ4n) is 1.60. The molecule has 0 aliphatic carbocycles. The second-order valence-electron chi connectivity index (χ2n) is 4.15. The summed E-state index contributed by atoms with van der Waals surface area (Å²) in [6, 6.07) is 1.24.